The van der Waals surface area contributed by atoms with Gasteiger partial charge in [-0.2, -0.15) is 0 Å². The summed E-state index contributed by atoms with van der Waals surface area (Å²) < 4.78 is 36.7. The lowest BCUT2D eigenvalue weighted by Gasteiger charge is -2.31. The molecule has 0 spiro atoms. The molecule has 2 amide bonds. The second-order valence-corrected chi connectivity index (χ2v) is 10.5. The van der Waals surface area contributed by atoms with Crippen LogP contribution in [0.15, 0.2) is 42.5 Å². The molecule has 0 saturated heterocycles. The highest BCUT2D eigenvalue weighted by Crippen LogP contribution is 2.34. The van der Waals surface area contributed by atoms with Gasteiger partial charge in [-0.1, -0.05) is 25.5 Å². The molecule has 0 aromatic heterocycles. The summed E-state index contributed by atoms with van der Waals surface area (Å²) in [4.78, 5) is 38.4. The molecule has 0 radical (unpaired) electrons. The SMILES string of the molecule is CCCCNC(=O)[C@@H](C)N(Cc1ccc(OC)cc1)C(=O)CN(c1cc([N+](=O)[O-])ccc1OC)S(C)(=O)=O. The summed E-state index contributed by atoms with van der Waals surface area (Å²) in [6, 6.07) is 9.41. The molecule has 2 rings (SSSR count). The fourth-order valence-electron chi connectivity index (χ4n) is 3.63. The van der Waals surface area contributed by atoms with Crippen LogP contribution in [0.5, 0.6) is 11.5 Å². The topological polar surface area (TPSA) is 148 Å². The van der Waals surface area contributed by atoms with Crippen molar-refractivity contribution in [1.82, 2.24) is 10.2 Å². The Morgan fingerprint density at radius 1 is 1.11 bits per heavy atom. The van der Waals surface area contributed by atoms with Crippen LogP contribution in [0.3, 0.4) is 0 Å². The van der Waals surface area contributed by atoms with E-state index in [4.69, 9.17) is 9.47 Å². The van der Waals surface area contributed by atoms with Crippen LogP contribution in [0.25, 0.3) is 0 Å². The predicted octanol–water partition coefficient (Wildman–Crippen LogP) is 2.71. The summed E-state index contributed by atoms with van der Waals surface area (Å²) in [5.74, 6) is -0.434. The van der Waals surface area contributed by atoms with Crippen molar-refractivity contribution >= 4 is 33.2 Å². The van der Waals surface area contributed by atoms with Gasteiger partial charge in [0, 0.05) is 25.2 Å². The number of methoxy groups -OCH3 is 2. The largest absolute Gasteiger partial charge is 0.497 e. The molecule has 0 aliphatic heterocycles. The van der Waals surface area contributed by atoms with Gasteiger partial charge >= 0.3 is 0 Å². The number of anilines is 1. The van der Waals surface area contributed by atoms with Gasteiger partial charge in [-0.3, -0.25) is 24.0 Å². The van der Waals surface area contributed by atoms with E-state index in [1.54, 1.807) is 31.2 Å². The number of nitro benzene ring substituents is 1. The highest BCUT2D eigenvalue weighted by Gasteiger charge is 2.32. The van der Waals surface area contributed by atoms with Gasteiger partial charge in [0.15, 0.2) is 0 Å². The van der Waals surface area contributed by atoms with E-state index in [1.165, 1.54) is 31.3 Å². The van der Waals surface area contributed by atoms with Gasteiger partial charge in [0.25, 0.3) is 5.69 Å². The Hall–Kier alpha value is -3.87. The van der Waals surface area contributed by atoms with Crippen molar-refractivity contribution in [2.45, 2.75) is 39.3 Å². The number of nitro groups is 1. The van der Waals surface area contributed by atoms with Crippen molar-refractivity contribution in [3.8, 4) is 11.5 Å². The zero-order chi connectivity index (χ0) is 28.5. The van der Waals surface area contributed by atoms with E-state index in [1.807, 2.05) is 6.92 Å². The fraction of sp³-hybridized carbons (Fsp3) is 0.440. The third-order valence-electron chi connectivity index (χ3n) is 5.83. The number of ether oxygens (including phenoxy) is 2. The van der Waals surface area contributed by atoms with Gasteiger partial charge < -0.3 is 19.7 Å². The molecule has 0 aliphatic carbocycles. The Balaban J connectivity index is 2.47. The molecule has 0 bridgehead atoms. The lowest BCUT2D eigenvalue weighted by atomic mass is 10.1. The number of hydrogen-bond donors (Lipinski definition) is 1. The number of amides is 2. The average molecular weight is 551 g/mol. The quantitative estimate of drug-likeness (QED) is 0.214. The summed E-state index contributed by atoms with van der Waals surface area (Å²) in [7, 11) is -1.29. The number of rotatable bonds is 14. The standard InChI is InChI=1S/C25H34N4O8S/c1-6-7-14-26-25(31)18(2)27(16-19-8-11-21(36-3)12-9-19)24(30)17-28(38(5,34)35)22-15-20(29(32)33)10-13-23(22)37-4/h8-13,15,18H,6-7,14,16-17H2,1-5H3,(H,26,31)/t18-/m1/s1. The number of sulfonamides is 1. The van der Waals surface area contributed by atoms with E-state index in [0.717, 1.165) is 29.5 Å². The van der Waals surface area contributed by atoms with Crippen LogP contribution in [0, 0.1) is 10.1 Å². The molecule has 0 saturated carbocycles. The molecule has 1 atom stereocenters. The average Bonchev–Trinajstić information content (AvgIpc) is 2.89. The Bertz CT molecular complexity index is 1230. The van der Waals surface area contributed by atoms with Gasteiger partial charge in [0.2, 0.25) is 21.8 Å². The lowest BCUT2D eigenvalue weighted by Crippen LogP contribution is -2.51. The van der Waals surface area contributed by atoms with Crippen LogP contribution in [-0.4, -0.2) is 69.7 Å². The van der Waals surface area contributed by atoms with E-state index in [9.17, 15) is 28.1 Å². The van der Waals surface area contributed by atoms with Gasteiger partial charge in [0.05, 0.1) is 25.4 Å². The summed E-state index contributed by atoms with van der Waals surface area (Å²) >= 11 is 0. The summed E-state index contributed by atoms with van der Waals surface area (Å²) in [5.41, 5.74) is 0.147. The monoisotopic (exact) mass is 550 g/mol. The Labute approximate surface area is 222 Å². The number of carbonyl (C=O) groups excluding carboxylic acids is 2. The minimum atomic E-state index is -4.10. The van der Waals surface area contributed by atoms with Crippen molar-refractivity contribution < 1.29 is 32.4 Å². The number of benzene rings is 2. The Morgan fingerprint density at radius 3 is 2.29 bits per heavy atom. The maximum atomic E-state index is 13.6. The number of unbranched alkanes of at least 4 members (excludes halogenated alkanes) is 1. The molecular formula is C25H34N4O8S. The number of non-ortho nitro benzene ring substituents is 1. The maximum Gasteiger partial charge on any atom is 0.271 e. The van der Waals surface area contributed by atoms with Crippen molar-refractivity contribution in [2.24, 2.45) is 0 Å². The summed E-state index contributed by atoms with van der Waals surface area (Å²) in [6.45, 7) is 3.27. The zero-order valence-corrected chi connectivity index (χ0v) is 23.0. The molecule has 12 nitrogen and oxygen atoms in total. The summed E-state index contributed by atoms with van der Waals surface area (Å²) in [6.07, 6.45) is 2.52. The smallest absolute Gasteiger partial charge is 0.271 e. The molecule has 0 aliphatic rings. The second kappa shape index (κ2) is 13.6. The first-order valence-corrected chi connectivity index (χ1v) is 13.8. The van der Waals surface area contributed by atoms with Gasteiger partial charge in [-0.25, -0.2) is 8.42 Å². The predicted molar refractivity (Wildman–Crippen MR) is 143 cm³/mol. The molecule has 13 heteroatoms. The minimum absolute atomic E-state index is 0.00880. The highest BCUT2D eigenvalue weighted by molar-refractivity contribution is 7.92. The molecular weight excluding hydrogens is 516 g/mol. The van der Waals surface area contributed by atoms with Crippen molar-refractivity contribution in [3.05, 3.63) is 58.1 Å². The number of hydrogen-bond acceptors (Lipinski definition) is 8. The van der Waals surface area contributed by atoms with Crippen molar-refractivity contribution in [3.63, 3.8) is 0 Å². The first-order valence-electron chi connectivity index (χ1n) is 11.9. The Morgan fingerprint density at radius 2 is 1.76 bits per heavy atom. The Kier molecular flexibility index (Phi) is 10.9. The van der Waals surface area contributed by atoms with E-state index in [0.29, 0.717) is 17.9 Å². The number of nitrogens with zero attached hydrogens (tertiary/aromatic N) is 3. The van der Waals surface area contributed by atoms with Gasteiger partial charge in [-0.15, -0.1) is 0 Å². The van der Waals surface area contributed by atoms with Crippen LogP contribution in [0.2, 0.25) is 0 Å². The molecule has 0 unspecified atom stereocenters. The third kappa shape index (κ3) is 8.07. The van der Waals surface area contributed by atoms with Crippen LogP contribution >= 0.6 is 0 Å². The van der Waals surface area contributed by atoms with Crippen LogP contribution in [0.4, 0.5) is 11.4 Å². The molecule has 2 aromatic carbocycles. The fourth-order valence-corrected chi connectivity index (χ4v) is 4.47. The minimum Gasteiger partial charge on any atom is -0.497 e. The molecule has 38 heavy (non-hydrogen) atoms. The van der Waals surface area contributed by atoms with Crippen molar-refractivity contribution in [2.75, 3.05) is 37.9 Å². The van der Waals surface area contributed by atoms with Gasteiger partial charge in [0.1, 0.15) is 29.8 Å². The molecule has 208 valence electrons. The number of carbonyl (C=O) groups is 2. The third-order valence-corrected chi connectivity index (χ3v) is 6.96. The zero-order valence-electron chi connectivity index (χ0n) is 22.2. The highest BCUT2D eigenvalue weighted by atomic mass is 32.2. The van der Waals surface area contributed by atoms with Crippen LogP contribution in [0.1, 0.15) is 32.3 Å². The van der Waals surface area contributed by atoms with Crippen molar-refractivity contribution in [1.29, 1.82) is 0 Å². The van der Waals surface area contributed by atoms with Crippen LogP contribution < -0.4 is 19.1 Å². The molecule has 0 fully saturated rings. The van der Waals surface area contributed by atoms with E-state index < -0.39 is 33.4 Å². The molecule has 2 aromatic rings. The second-order valence-electron chi connectivity index (χ2n) is 8.57. The number of nitrogens with one attached hydrogen (secondary N) is 1. The van der Waals surface area contributed by atoms with E-state index in [2.05, 4.69) is 5.32 Å². The first kappa shape index (κ1) is 30.4. The molecule has 1 N–H and O–H groups in total. The summed E-state index contributed by atoms with van der Waals surface area (Å²) in [5, 5.41) is 14.1. The van der Waals surface area contributed by atoms with E-state index in [-0.39, 0.29) is 29.6 Å². The first-order chi connectivity index (χ1) is 17.9. The maximum absolute atomic E-state index is 13.6. The normalized spacial score (nSPS) is 11.8. The van der Waals surface area contributed by atoms with Gasteiger partial charge in [-0.05, 0) is 37.1 Å². The van der Waals surface area contributed by atoms with Crippen LogP contribution in [-0.2, 0) is 26.2 Å². The lowest BCUT2D eigenvalue weighted by molar-refractivity contribution is -0.384. The van der Waals surface area contributed by atoms with E-state index >= 15 is 0 Å². The molecule has 0 heterocycles.